The Morgan fingerprint density at radius 1 is 1.17 bits per heavy atom. The molecule has 0 saturated carbocycles. The molecule has 1 unspecified atom stereocenters. The third-order valence-electron chi connectivity index (χ3n) is 5.20. The summed E-state index contributed by atoms with van der Waals surface area (Å²) in [6, 6.07) is 7.05. The summed E-state index contributed by atoms with van der Waals surface area (Å²) in [4.78, 5) is 37.1. The fourth-order valence-corrected chi connectivity index (χ4v) is 3.28. The lowest BCUT2D eigenvalue weighted by Crippen LogP contribution is -2.49. The predicted molar refractivity (Wildman–Crippen MR) is 113 cm³/mol. The zero-order valence-electron chi connectivity index (χ0n) is 16.8. The molecule has 1 aliphatic rings. The van der Waals surface area contributed by atoms with Gasteiger partial charge < -0.3 is 15.1 Å². The van der Waals surface area contributed by atoms with Crippen LogP contribution in [-0.4, -0.2) is 59.4 Å². The Hall–Kier alpha value is -2.67. The van der Waals surface area contributed by atoms with Crippen LogP contribution in [0.4, 0.5) is 5.82 Å². The van der Waals surface area contributed by atoms with Gasteiger partial charge in [-0.15, -0.1) is 0 Å². The fraction of sp³-hybridized carbons (Fsp3) is 0.429. The number of rotatable bonds is 6. The van der Waals surface area contributed by atoms with Gasteiger partial charge >= 0.3 is 0 Å². The van der Waals surface area contributed by atoms with E-state index in [1.165, 1.54) is 0 Å². The van der Waals surface area contributed by atoms with E-state index in [-0.39, 0.29) is 17.0 Å². The number of nitrogens with one attached hydrogen (secondary N) is 1. The van der Waals surface area contributed by atoms with Gasteiger partial charge in [-0.1, -0.05) is 31.9 Å². The van der Waals surface area contributed by atoms with E-state index in [9.17, 15) is 9.59 Å². The number of hydrogen-bond acceptors (Lipinski definition) is 5. The van der Waals surface area contributed by atoms with Crippen LogP contribution in [0.25, 0.3) is 0 Å². The van der Waals surface area contributed by atoms with E-state index in [1.807, 2.05) is 6.07 Å². The second kappa shape index (κ2) is 9.69. The molecule has 1 N–H and O–H groups in total. The highest BCUT2D eigenvalue weighted by atomic mass is 35.5. The molecule has 0 radical (unpaired) electrons. The summed E-state index contributed by atoms with van der Waals surface area (Å²) in [7, 11) is 0. The highest BCUT2D eigenvalue weighted by molar-refractivity contribution is 6.32. The molecule has 1 saturated heterocycles. The molecule has 2 aromatic heterocycles. The van der Waals surface area contributed by atoms with Crippen molar-refractivity contribution < 1.29 is 9.59 Å². The highest BCUT2D eigenvalue weighted by Crippen LogP contribution is 2.18. The summed E-state index contributed by atoms with van der Waals surface area (Å²) in [6.07, 6.45) is 4.20. The quantitative estimate of drug-likeness (QED) is 0.734. The second-order valence-electron chi connectivity index (χ2n) is 7.25. The average Bonchev–Trinajstić information content (AvgIpc) is 2.77. The molecular formula is C21H26ClN5O2. The minimum atomic E-state index is -0.107. The summed E-state index contributed by atoms with van der Waals surface area (Å²) in [5.74, 6) is 1.04. The largest absolute Gasteiger partial charge is 0.353 e. The SMILES string of the molecule is CCC(C)CNC(=O)c1ccc(N2CCN(C(=O)c3cccnc3Cl)CC2)nc1. The minimum Gasteiger partial charge on any atom is -0.353 e. The number of amides is 2. The van der Waals surface area contributed by atoms with Gasteiger partial charge in [-0.3, -0.25) is 9.59 Å². The molecule has 3 heterocycles. The van der Waals surface area contributed by atoms with Gasteiger partial charge in [0.2, 0.25) is 0 Å². The maximum Gasteiger partial charge on any atom is 0.257 e. The number of anilines is 1. The van der Waals surface area contributed by atoms with Gasteiger partial charge in [0.15, 0.2) is 0 Å². The Kier molecular flexibility index (Phi) is 7.04. The molecule has 0 bridgehead atoms. The Morgan fingerprint density at radius 3 is 2.55 bits per heavy atom. The van der Waals surface area contributed by atoms with E-state index < -0.39 is 0 Å². The van der Waals surface area contributed by atoms with Gasteiger partial charge in [0.25, 0.3) is 11.8 Å². The lowest BCUT2D eigenvalue weighted by atomic mass is 10.1. The first-order chi connectivity index (χ1) is 14.0. The number of pyridine rings is 2. The number of nitrogens with zero attached hydrogens (tertiary/aromatic N) is 4. The standard InChI is InChI=1S/C21H26ClN5O2/c1-3-15(2)13-25-20(28)16-6-7-18(24-14-16)26-9-11-27(12-10-26)21(29)17-5-4-8-23-19(17)22/h4-8,14-15H,3,9-13H2,1-2H3,(H,25,28). The van der Waals surface area contributed by atoms with Crippen LogP contribution in [0.3, 0.4) is 0 Å². The molecule has 0 aliphatic carbocycles. The first kappa shape index (κ1) is 21.0. The number of piperazine rings is 1. The Balaban J connectivity index is 1.55. The van der Waals surface area contributed by atoms with Crippen molar-refractivity contribution in [2.75, 3.05) is 37.6 Å². The highest BCUT2D eigenvalue weighted by Gasteiger charge is 2.24. The van der Waals surface area contributed by atoms with Gasteiger partial charge in [0.1, 0.15) is 11.0 Å². The molecule has 29 heavy (non-hydrogen) atoms. The first-order valence-electron chi connectivity index (χ1n) is 9.88. The fourth-order valence-electron chi connectivity index (χ4n) is 3.08. The Bertz CT molecular complexity index is 850. The van der Waals surface area contributed by atoms with Crippen molar-refractivity contribution in [3.8, 4) is 0 Å². The maximum absolute atomic E-state index is 12.6. The number of halogens is 1. The van der Waals surface area contributed by atoms with Crippen LogP contribution in [-0.2, 0) is 0 Å². The van der Waals surface area contributed by atoms with Gasteiger partial charge in [-0.2, -0.15) is 0 Å². The monoisotopic (exact) mass is 415 g/mol. The first-order valence-corrected chi connectivity index (χ1v) is 10.3. The second-order valence-corrected chi connectivity index (χ2v) is 7.61. The zero-order valence-corrected chi connectivity index (χ0v) is 17.5. The van der Waals surface area contributed by atoms with Crippen molar-refractivity contribution in [3.63, 3.8) is 0 Å². The van der Waals surface area contributed by atoms with Crippen molar-refractivity contribution in [1.29, 1.82) is 0 Å². The van der Waals surface area contributed by atoms with Gasteiger partial charge in [0, 0.05) is 45.1 Å². The maximum atomic E-state index is 12.6. The molecule has 2 amide bonds. The molecular weight excluding hydrogens is 390 g/mol. The summed E-state index contributed by atoms with van der Waals surface area (Å²) in [5.41, 5.74) is 0.977. The molecule has 0 aromatic carbocycles. The molecule has 0 spiro atoms. The van der Waals surface area contributed by atoms with Crippen molar-refractivity contribution in [2.24, 2.45) is 5.92 Å². The number of hydrogen-bond donors (Lipinski definition) is 1. The van der Waals surface area contributed by atoms with E-state index >= 15 is 0 Å². The minimum absolute atomic E-state index is 0.104. The van der Waals surface area contributed by atoms with Gasteiger partial charge in [-0.25, -0.2) is 9.97 Å². The lowest BCUT2D eigenvalue weighted by molar-refractivity contribution is 0.0746. The van der Waals surface area contributed by atoms with Crippen LogP contribution in [0.15, 0.2) is 36.7 Å². The van der Waals surface area contributed by atoms with Gasteiger partial charge in [0.05, 0.1) is 11.1 Å². The molecule has 2 aromatic rings. The molecule has 1 fully saturated rings. The van der Waals surface area contributed by atoms with Crippen molar-refractivity contribution in [3.05, 3.63) is 52.9 Å². The molecule has 3 rings (SSSR count). The lowest BCUT2D eigenvalue weighted by Gasteiger charge is -2.35. The summed E-state index contributed by atoms with van der Waals surface area (Å²) < 4.78 is 0. The molecule has 154 valence electrons. The molecule has 1 aliphatic heterocycles. The van der Waals surface area contributed by atoms with Crippen LogP contribution in [0.2, 0.25) is 5.15 Å². The van der Waals surface area contributed by atoms with Crippen LogP contribution >= 0.6 is 11.6 Å². The Morgan fingerprint density at radius 2 is 1.93 bits per heavy atom. The number of carbonyl (C=O) groups excluding carboxylic acids is 2. The predicted octanol–water partition coefficient (Wildman–Crippen LogP) is 2.87. The van der Waals surface area contributed by atoms with Crippen molar-refractivity contribution in [2.45, 2.75) is 20.3 Å². The van der Waals surface area contributed by atoms with Crippen molar-refractivity contribution >= 4 is 29.2 Å². The number of carbonyl (C=O) groups is 2. The van der Waals surface area contributed by atoms with Crippen LogP contribution < -0.4 is 10.2 Å². The van der Waals surface area contributed by atoms with Gasteiger partial charge in [-0.05, 0) is 30.2 Å². The zero-order chi connectivity index (χ0) is 20.8. The molecule has 7 nitrogen and oxygen atoms in total. The summed E-state index contributed by atoms with van der Waals surface area (Å²) in [5, 5.41) is 3.16. The van der Waals surface area contributed by atoms with Crippen LogP contribution in [0.5, 0.6) is 0 Å². The van der Waals surface area contributed by atoms with Crippen LogP contribution in [0.1, 0.15) is 41.0 Å². The summed E-state index contributed by atoms with van der Waals surface area (Å²) in [6.45, 7) is 7.34. The topological polar surface area (TPSA) is 78.4 Å². The Labute approximate surface area is 176 Å². The van der Waals surface area contributed by atoms with E-state index in [2.05, 4.69) is 34.0 Å². The van der Waals surface area contributed by atoms with Crippen LogP contribution in [0, 0.1) is 5.92 Å². The smallest absolute Gasteiger partial charge is 0.257 e. The molecule has 8 heteroatoms. The normalized spacial score (nSPS) is 15.1. The van der Waals surface area contributed by atoms with E-state index in [0.29, 0.717) is 49.8 Å². The molecule has 1 atom stereocenters. The third-order valence-corrected chi connectivity index (χ3v) is 5.50. The third kappa shape index (κ3) is 5.23. The number of aromatic nitrogens is 2. The average molecular weight is 416 g/mol. The van der Waals surface area contributed by atoms with E-state index in [0.717, 1.165) is 12.2 Å². The van der Waals surface area contributed by atoms with E-state index in [4.69, 9.17) is 11.6 Å². The summed E-state index contributed by atoms with van der Waals surface area (Å²) >= 11 is 6.04. The van der Waals surface area contributed by atoms with E-state index in [1.54, 1.807) is 35.5 Å². The van der Waals surface area contributed by atoms with Crippen molar-refractivity contribution in [1.82, 2.24) is 20.2 Å².